The number of anilines is 1. The summed E-state index contributed by atoms with van der Waals surface area (Å²) in [6.45, 7) is 1.78. The Morgan fingerprint density at radius 2 is 2.00 bits per heavy atom. The van der Waals surface area contributed by atoms with Crippen LogP contribution in [-0.4, -0.2) is 5.51 Å². The molecular weight excluding hydrogens is 213 g/mol. The van der Waals surface area contributed by atoms with E-state index in [-0.39, 0.29) is 22.3 Å². The van der Waals surface area contributed by atoms with E-state index in [2.05, 4.69) is 5.43 Å². The third kappa shape index (κ3) is 3.12. The lowest BCUT2D eigenvalue weighted by Gasteiger charge is -2.10. The third-order valence-corrected chi connectivity index (χ3v) is 2.32. The number of halogens is 3. The van der Waals surface area contributed by atoms with E-state index in [0.717, 1.165) is 5.56 Å². The Labute approximate surface area is 83.6 Å². The van der Waals surface area contributed by atoms with Gasteiger partial charge in [-0.3, -0.25) is 5.84 Å². The number of hydrogen-bond acceptors (Lipinski definition) is 3. The highest BCUT2D eigenvalue weighted by atomic mass is 32.2. The highest BCUT2D eigenvalue weighted by Gasteiger charge is 2.30. The fourth-order valence-corrected chi connectivity index (χ4v) is 1.58. The van der Waals surface area contributed by atoms with Crippen molar-refractivity contribution in [1.29, 1.82) is 0 Å². The Hall–Kier alpha value is -0.880. The number of hydrazine groups is 1. The van der Waals surface area contributed by atoms with Crippen molar-refractivity contribution in [3.63, 3.8) is 0 Å². The van der Waals surface area contributed by atoms with Gasteiger partial charge in [-0.05, 0) is 36.4 Å². The Balaban J connectivity index is 2.97. The molecule has 1 rings (SSSR count). The van der Waals surface area contributed by atoms with Crippen LogP contribution in [0.4, 0.5) is 18.9 Å². The minimum atomic E-state index is -4.29. The first kappa shape index (κ1) is 11.2. The van der Waals surface area contributed by atoms with E-state index in [1.807, 2.05) is 0 Å². The maximum absolute atomic E-state index is 12.1. The second kappa shape index (κ2) is 4.10. The van der Waals surface area contributed by atoms with E-state index in [4.69, 9.17) is 5.84 Å². The molecule has 3 N–H and O–H groups in total. The summed E-state index contributed by atoms with van der Waals surface area (Å²) < 4.78 is 36.2. The van der Waals surface area contributed by atoms with Gasteiger partial charge >= 0.3 is 5.51 Å². The molecule has 0 atom stereocenters. The van der Waals surface area contributed by atoms with E-state index >= 15 is 0 Å². The molecular formula is C8H9F3N2S. The second-order valence-corrected chi connectivity index (χ2v) is 3.80. The Bertz CT molecular complexity index is 325. The van der Waals surface area contributed by atoms with Gasteiger partial charge in [0.05, 0.1) is 5.69 Å². The minimum Gasteiger partial charge on any atom is -0.323 e. The van der Waals surface area contributed by atoms with Crippen LogP contribution in [0, 0.1) is 6.92 Å². The molecule has 0 saturated carbocycles. The van der Waals surface area contributed by atoms with Crippen molar-refractivity contribution < 1.29 is 13.2 Å². The van der Waals surface area contributed by atoms with Gasteiger partial charge in [0.1, 0.15) is 0 Å². The van der Waals surface area contributed by atoms with Gasteiger partial charge in [0.25, 0.3) is 0 Å². The number of nitrogens with one attached hydrogen (secondary N) is 1. The summed E-state index contributed by atoms with van der Waals surface area (Å²) in [5, 5.41) is 0. The van der Waals surface area contributed by atoms with Crippen molar-refractivity contribution in [2.75, 3.05) is 5.43 Å². The van der Waals surface area contributed by atoms with E-state index in [1.54, 1.807) is 19.1 Å². The van der Waals surface area contributed by atoms with E-state index in [9.17, 15) is 13.2 Å². The van der Waals surface area contributed by atoms with Gasteiger partial charge in [0.15, 0.2) is 0 Å². The molecule has 6 heteroatoms. The van der Waals surface area contributed by atoms with Crippen LogP contribution >= 0.6 is 11.8 Å². The summed E-state index contributed by atoms with van der Waals surface area (Å²) in [7, 11) is 0. The number of aryl methyl sites for hydroxylation is 1. The number of rotatable bonds is 2. The van der Waals surface area contributed by atoms with Crippen molar-refractivity contribution in [3.8, 4) is 0 Å². The molecule has 1 aromatic carbocycles. The van der Waals surface area contributed by atoms with Crippen LogP contribution in [0.25, 0.3) is 0 Å². The summed E-state index contributed by atoms with van der Waals surface area (Å²) >= 11 is -0.182. The van der Waals surface area contributed by atoms with Crippen molar-refractivity contribution in [2.45, 2.75) is 17.3 Å². The van der Waals surface area contributed by atoms with Crippen LogP contribution in [0.5, 0.6) is 0 Å². The van der Waals surface area contributed by atoms with Crippen LogP contribution < -0.4 is 11.3 Å². The molecule has 0 bridgehead atoms. The fraction of sp³-hybridized carbons (Fsp3) is 0.250. The Morgan fingerprint density at radius 1 is 1.36 bits per heavy atom. The second-order valence-electron chi connectivity index (χ2n) is 2.69. The average Bonchev–Trinajstić information content (AvgIpc) is 2.06. The highest BCUT2D eigenvalue weighted by molar-refractivity contribution is 8.00. The van der Waals surface area contributed by atoms with E-state index in [0.29, 0.717) is 0 Å². The number of thioether (sulfide) groups is 1. The predicted molar refractivity (Wildman–Crippen MR) is 50.9 cm³/mol. The first-order chi connectivity index (χ1) is 6.42. The number of nitrogens with two attached hydrogens (primary N) is 1. The van der Waals surface area contributed by atoms with Crippen molar-refractivity contribution in [1.82, 2.24) is 0 Å². The van der Waals surface area contributed by atoms with Gasteiger partial charge in [-0.25, -0.2) is 0 Å². The quantitative estimate of drug-likeness (QED) is 0.459. The number of benzene rings is 1. The maximum atomic E-state index is 12.1. The molecule has 1 aromatic rings. The van der Waals surface area contributed by atoms with Crippen molar-refractivity contribution in [2.24, 2.45) is 5.84 Å². The molecule has 0 fully saturated rings. The lowest BCUT2D eigenvalue weighted by molar-refractivity contribution is -0.0327. The van der Waals surface area contributed by atoms with Gasteiger partial charge in [-0.1, -0.05) is 6.07 Å². The number of nitrogen functional groups attached to an aromatic ring is 1. The largest absolute Gasteiger partial charge is 0.446 e. The molecule has 78 valence electrons. The zero-order chi connectivity index (χ0) is 10.8. The maximum Gasteiger partial charge on any atom is 0.446 e. The average molecular weight is 222 g/mol. The molecule has 0 saturated heterocycles. The first-order valence-electron chi connectivity index (χ1n) is 3.75. The highest BCUT2D eigenvalue weighted by Crippen LogP contribution is 2.40. The third-order valence-electron chi connectivity index (χ3n) is 1.52. The zero-order valence-corrected chi connectivity index (χ0v) is 8.17. The lowest BCUT2D eigenvalue weighted by Crippen LogP contribution is -2.09. The van der Waals surface area contributed by atoms with Crippen LogP contribution in [0.3, 0.4) is 0 Å². The van der Waals surface area contributed by atoms with Crippen LogP contribution in [0.15, 0.2) is 23.1 Å². The monoisotopic (exact) mass is 222 g/mol. The molecule has 0 unspecified atom stereocenters. The topological polar surface area (TPSA) is 38.0 Å². The fourth-order valence-electron chi connectivity index (χ4n) is 0.970. The molecule has 2 nitrogen and oxygen atoms in total. The van der Waals surface area contributed by atoms with Crippen molar-refractivity contribution in [3.05, 3.63) is 23.8 Å². The lowest BCUT2D eigenvalue weighted by atomic mass is 10.2. The predicted octanol–water partition coefficient (Wildman–Crippen LogP) is 2.89. The standard InChI is InChI=1S/C8H9F3N2S/c1-5-2-3-7(6(4-5)13-12)14-8(9,10)11/h2-4,13H,12H2,1H3. The van der Waals surface area contributed by atoms with E-state index in [1.165, 1.54) is 6.07 Å². The Morgan fingerprint density at radius 3 is 2.50 bits per heavy atom. The van der Waals surface area contributed by atoms with Crippen LogP contribution in [0.1, 0.15) is 5.56 Å². The SMILES string of the molecule is Cc1ccc(SC(F)(F)F)c(NN)c1. The molecule has 0 aliphatic heterocycles. The molecule has 0 radical (unpaired) electrons. The summed E-state index contributed by atoms with van der Waals surface area (Å²) in [5.41, 5.74) is -0.917. The molecule has 0 aliphatic carbocycles. The summed E-state index contributed by atoms with van der Waals surface area (Å²) in [4.78, 5) is 0.0746. The number of alkyl halides is 3. The molecule has 0 heterocycles. The summed E-state index contributed by atoms with van der Waals surface area (Å²) in [6, 6.07) is 4.56. The van der Waals surface area contributed by atoms with E-state index < -0.39 is 5.51 Å². The van der Waals surface area contributed by atoms with Crippen molar-refractivity contribution >= 4 is 17.4 Å². The van der Waals surface area contributed by atoms with Gasteiger partial charge in [-0.2, -0.15) is 13.2 Å². The van der Waals surface area contributed by atoms with Crippen LogP contribution in [-0.2, 0) is 0 Å². The molecule has 0 aromatic heterocycles. The van der Waals surface area contributed by atoms with Crippen LogP contribution in [0.2, 0.25) is 0 Å². The smallest absolute Gasteiger partial charge is 0.323 e. The minimum absolute atomic E-state index is 0.0746. The van der Waals surface area contributed by atoms with Gasteiger partial charge in [0, 0.05) is 4.90 Å². The van der Waals surface area contributed by atoms with Gasteiger partial charge in [-0.15, -0.1) is 0 Å². The normalized spacial score (nSPS) is 11.5. The molecule has 0 aliphatic rings. The van der Waals surface area contributed by atoms with Gasteiger partial charge < -0.3 is 5.43 Å². The molecule has 0 amide bonds. The van der Waals surface area contributed by atoms with Gasteiger partial charge in [0.2, 0.25) is 0 Å². The zero-order valence-electron chi connectivity index (χ0n) is 7.35. The summed E-state index contributed by atoms with van der Waals surface area (Å²) in [6.07, 6.45) is 0. The summed E-state index contributed by atoms with van der Waals surface area (Å²) in [5.74, 6) is 5.11. The Kier molecular flexibility index (Phi) is 3.28. The molecule has 14 heavy (non-hydrogen) atoms. The first-order valence-corrected chi connectivity index (χ1v) is 4.57. The molecule has 0 spiro atoms. The number of hydrogen-bond donors (Lipinski definition) is 2.